The minimum Gasteiger partial charge on any atom is -0.371 e. The van der Waals surface area contributed by atoms with Crippen LogP contribution in [0.2, 0.25) is 0 Å². The maximum absolute atomic E-state index is 9.99. The van der Waals surface area contributed by atoms with Crippen LogP contribution in [0, 0.1) is 0 Å². The van der Waals surface area contributed by atoms with E-state index in [0.717, 1.165) is 11.1 Å². The van der Waals surface area contributed by atoms with Crippen LogP contribution in [0.15, 0.2) is 60.7 Å². The molecule has 5 nitrogen and oxygen atoms in total. The Hall–Kier alpha value is -1.76. The van der Waals surface area contributed by atoms with Crippen LogP contribution in [0.4, 0.5) is 0 Å². The van der Waals surface area contributed by atoms with Gasteiger partial charge < -0.3 is 24.1 Å². The molecule has 4 rings (SSSR count). The van der Waals surface area contributed by atoms with E-state index in [0.29, 0.717) is 19.6 Å². The Bertz CT molecular complexity index is 662. The molecule has 5 heteroatoms. The van der Waals surface area contributed by atoms with Crippen LogP contribution in [0.5, 0.6) is 0 Å². The second kappa shape index (κ2) is 7.64. The van der Waals surface area contributed by atoms with E-state index in [2.05, 4.69) is 0 Å². The smallest absolute Gasteiger partial charge is 0.184 e. The van der Waals surface area contributed by atoms with Gasteiger partial charge in [-0.3, -0.25) is 0 Å². The molecule has 0 radical (unpaired) electrons. The Morgan fingerprint density at radius 2 is 1.68 bits per heavy atom. The second-order valence-electron chi connectivity index (χ2n) is 6.38. The highest BCUT2D eigenvalue weighted by molar-refractivity contribution is 5.17. The summed E-state index contributed by atoms with van der Waals surface area (Å²) in [5.74, 6) is 0. The number of hydrogen-bond acceptors (Lipinski definition) is 5. The van der Waals surface area contributed by atoms with Crippen LogP contribution >= 0.6 is 0 Å². The number of fused-ring (bicyclic) bond motifs is 1. The first-order chi connectivity index (χ1) is 12.3. The Morgan fingerprint density at radius 1 is 0.960 bits per heavy atom. The monoisotopic (exact) mass is 342 g/mol. The SMILES string of the molecule is O[C@H]1C[C@@H](OCc2ccccc2)[C@@H]2OC(c3ccccc3)OC[C@H]2O1. The number of aliphatic hydroxyl groups excluding tert-OH is 1. The van der Waals surface area contributed by atoms with Crippen LogP contribution in [0.1, 0.15) is 23.8 Å². The summed E-state index contributed by atoms with van der Waals surface area (Å²) in [4.78, 5) is 0. The van der Waals surface area contributed by atoms with E-state index in [1.54, 1.807) is 0 Å². The van der Waals surface area contributed by atoms with E-state index in [4.69, 9.17) is 18.9 Å². The number of hydrogen-bond donors (Lipinski definition) is 1. The van der Waals surface area contributed by atoms with Crippen molar-refractivity contribution in [3.63, 3.8) is 0 Å². The van der Waals surface area contributed by atoms with Gasteiger partial charge >= 0.3 is 0 Å². The van der Waals surface area contributed by atoms with Crippen molar-refractivity contribution in [1.82, 2.24) is 0 Å². The third kappa shape index (κ3) is 3.92. The molecule has 25 heavy (non-hydrogen) atoms. The summed E-state index contributed by atoms with van der Waals surface area (Å²) in [7, 11) is 0. The first-order valence-corrected chi connectivity index (χ1v) is 8.60. The maximum Gasteiger partial charge on any atom is 0.184 e. The Balaban J connectivity index is 1.46. The van der Waals surface area contributed by atoms with Gasteiger partial charge in [0.15, 0.2) is 12.6 Å². The predicted molar refractivity (Wildman–Crippen MR) is 90.5 cm³/mol. The zero-order valence-electron chi connectivity index (χ0n) is 13.9. The zero-order chi connectivity index (χ0) is 17.1. The quantitative estimate of drug-likeness (QED) is 0.926. The lowest BCUT2D eigenvalue weighted by molar-refractivity contribution is -0.336. The second-order valence-corrected chi connectivity index (χ2v) is 6.38. The Kier molecular flexibility index (Phi) is 5.10. The summed E-state index contributed by atoms with van der Waals surface area (Å²) in [5, 5.41) is 9.99. The van der Waals surface area contributed by atoms with Gasteiger partial charge in [0.2, 0.25) is 0 Å². The van der Waals surface area contributed by atoms with Crippen LogP contribution in [-0.4, -0.2) is 36.3 Å². The molecule has 1 unspecified atom stereocenters. The number of ether oxygens (including phenoxy) is 4. The molecule has 1 N–H and O–H groups in total. The standard InChI is InChI=1S/C20H22O5/c21-18-11-16(22-12-14-7-3-1-4-8-14)19-17(24-18)13-23-20(25-19)15-9-5-2-6-10-15/h1-10,16-21H,11-13H2/t16-,17-,18-,19+,20?/m1/s1. The van der Waals surface area contributed by atoms with Crippen molar-refractivity contribution >= 4 is 0 Å². The molecule has 0 spiro atoms. The third-order valence-electron chi connectivity index (χ3n) is 4.57. The molecular weight excluding hydrogens is 320 g/mol. The molecule has 0 bridgehead atoms. The number of aliphatic hydroxyl groups is 1. The molecule has 2 saturated heterocycles. The van der Waals surface area contributed by atoms with Crippen LogP contribution in [-0.2, 0) is 25.6 Å². The molecule has 0 saturated carbocycles. The van der Waals surface area contributed by atoms with Crippen molar-refractivity contribution in [2.45, 2.75) is 43.9 Å². The van der Waals surface area contributed by atoms with E-state index in [-0.39, 0.29) is 18.3 Å². The highest BCUT2D eigenvalue weighted by Crippen LogP contribution is 2.34. The van der Waals surface area contributed by atoms with Crippen molar-refractivity contribution in [2.24, 2.45) is 0 Å². The van der Waals surface area contributed by atoms with Gasteiger partial charge in [0, 0.05) is 12.0 Å². The highest BCUT2D eigenvalue weighted by atomic mass is 16.7. The molecule has 2 heterocycles. The van der Waals surface area contributed by atoms with Crippen molar-refractivity contribution < 1.29 is 24.1 Å². The highest BCUT2D eigenvalue weighted by Gasteiger charge is 2.44. The van der Waals surface area contributed by atoms with Gasteiger partial charge in [-0.05, 0) is 5.56 Å². The molecule has 2 fully saturated rings. The predicted octanol–water partition coefficient (Wildman–Crippen LogP) is 2.79. The molecule has 2 aromatic rings. The summed E-state index contributed by atoms with van der Waals surface area (Å²) >= 11 is 0. The number of benzene rings is 2. The summed E-state index contributed by atoms with van der Waals surface area (Å²) in [6.07, 6.45) is -1.76. The summed E-state index contributed by atoms with van der Waals surface area (Å²) in [6.45, 7) is 0.841. The van der Waals surface area contributed by atoms with Gasteiger partial charge in [0.1, 0.15) is 12.2 Å². The fourth-order valence-corrected chi connectivity index (χ4v) is 3.31. The van der Waals surface area contributed by atoms with Crippen molar-refractivity contribution in [3.05, 3.63) is 71.8 Å². The molecular formula is C20H22O5. The third-order valence-corrected chi connectivity index (χ3v) is 4.57. The minimum atomic E-state index is -0.859. The van der Waals surface area contributed by atoms with E-state index in [1.165, 1.54) is 0 Å². The zero-order valence-corrected chi connectivity index (χ0v) is 13.9. The molecule has 2 aliphatic rings. The Labute approximate surface area is 147 Å². The van der Waals surface area contributed by atoms with Gasteiger partial charge in [-0.15, -0.1) is 0 Å². The van der Waals surface area contributed by atoms with Gasteiger partial charge in [-0.2, -0.15) is 0 Å². The summed E-state index contributed by atoms with van der Waals surface area (Å²) < 4.78 is 23.6. The summed E-state index contributed by atoms with van der Waals surface area (Å²) in [6, 6.07) is 19.8. The van der Waals surface area contributed by atoms with Crippen LogP contribution < -0.4 is 0 Å². The first-order valence-electron chi connectivity index (χ1n) is 8.60. The van der Waals surface area contributed by atoms with E-state index < -0.39 is 12.6 Å². The topological polar surface area (TPSA) is 57.2 Å². The fourth-order valence-electron chi connectivity index (χ4n) is 3.31. The molecule has 0 aliphatic carbocycles. The Morgan fingerprint density at radius 3 is 2.44 bits per heavy atom. The van der Waals surface area contributed by atoms with Gasteiger partial charge in [-0.25, -0.2) is 0 Å². The largest absolute Gasteiger partial charge is 0.371 e. The minimum absolute atomic E-state index is 0.246. The van der Waals surface area contributed by atoms with Crippen LogP contribution in [0.3, 0.4) is 0 Å². The fraction of sp³-hybridized carbons (Fsp3) is 0.400. The number of rotatable bonds is 4. The van der Waals surface area contributed by atoms with E-state index >= 15 is 0 Å². The first kappa shape index (κ1) is 16.7. The van der Waals surface area contributed by atoms with E-state index in [9.17, 15) is 5.11 Å². The maximum atomic E-state index is 9.99. The molecule has 2 aliphatic heterocycles. The molecule has 5 atom stereocenters. The lowest BCUT2D eigenvalue weighted by Gasteiger charge is -2.44. The van der Waals surface area contributed by atoms with Crippen molar-refractivity contribution in [2.75, 3.05) is 6.61 Å². The normalized spacial score (nSPS) is 32.1. The van der Waals surface area contributed by atoms with Gasteiger partial charge in [-0.1, -0.05) is 60.7 Å². The van der Waals surface area contributed by atoms with E-state index in [1.807, 2.05) is 60.7 Å². The van der Waals surface area contributed by atoms with Gasteiger partial charge in [0.05, 0.1) is 19.3 Å². The average molecular weight is 342 g/mol. The molecule has 0 aromatic heterocycles. The average Bonchev–Trinajstić information content (AvgIpc) is 2.67. The molecule has 0 amide bonds. The van der Waals surface area contributed by atoms with Crippen molar-refractivity contribution in [3.8, 4) is 0 Å². The molecule has 132 valence electrons. The van der Waals surface area contributed by atoms with Crippen LogP contribution in [0.25, 0.3) is 0 Å². The molecule has 2 aromatic carbocycles. The lowest BCUT2D eigenvalue weighted by Crippen LogP contribution is -2.55. The lowest BCUT2D eigenvalue weighted by atomic mass is 10.00. The van der Waals surface area contributed by atoms with Gasteiger partial charge in [0.25, 0.3) is 0 Å². The summed E-state index contributed by atoms with van der Waals surface area (Å²) in [5.41, 5.74) is 2.06. The van der Waals surface area contributed by atoms with Crippen molar-refractivity contribution in [1.29, 1.82) is 0 Å².